The Morgan fingerprint density at radius 3 is 2.17 bits per heavy atom. The van der Waals surface area contributed by atoms with Crippen LogP contribution in [0.15, 0.2) is 102 Å². The van der Waals surface area contributed by atoms with Crippen LogP contribution in [0.5, 0.6) is 11.5 Å². The number of ether oxygens (including phenoxy) is 1. The van der Waals surface area contributed by atoms with Crippen LogP contribution in [0, 0.1) is 0 Å². The maximum Gasteiger partial charge on any atom is 0.416 e. The molecule has 202 valence electrons. The minimum atomic E-state index is -4.44. The Morgan fingerprint density at radius 2 is 1.52 bits per heavy atom. The Morgan fingerprint density at radius 1 is 0.775 bits per heavy atom. The van der Waals surface area contributed by atoms with Crippen LogP contribution < -0.4 is 9.46 Å². The molecule has 0 bridgehead atoms. The maximum absolute atomic E-state index is 13.0. The van der Waals surface area contributed by atoms with E-state index in [4.69, 9.17) is 16.3 Å². The second-order valence-corrected chi connectivity index (χ2v) is 10.4. The summed E-state index contributed by atoms with van der Waals surface area (Å²) >= 11 is 6.41. The van der Waals surface area contributed by atoms with Crippen LogP contribution >= 0.6 is 11.6 Å². The van der Waals surface area contributed by atoms with Crippen molar-refractivity contribution < 1.29 is 26.3 Å². The van der Waals surface area contributed by atoms with E-state index in [1.165, 1.54) is 61.1 Å². The normalized spacial score (nSPS) is 11.7. The molecule has 5 aromatic rings. The Kier molecular flexibility index (Phi) is 7.37. The average molecular weight is 584 g/mol. The Balaban J connectivity index is 1.47. The molecule has 8 nitrogen and oxygen atoms in total. The monoisotopic (exact) mass is 583 g/mol. The molecule has 0 aliphatic carbocycles. The van der Waals surface area contributed by atoms with E-state index in [0.29, 0.717) is 28.0 Å². The summed E-state index contributed by atoms with van der Waals surface area (Å²) in [6, 6.07) is 18.5. The van der Waals surface area contributed by atoms with Gasteiger partial charge in [0.05, 0.1) is 27.9 Å². The molecule has 0 atom stereocenters. The molecule has 0 spiro atoms. The van der Waals surface area contributed by atoms with Crippen molar-refractivity contribution in [2.45, 2.75) is 11.1 Å². The molecule has 0 amide bonds. The summed E-state index contributed by atoms with van der Waals surface area (Å²) < 4.78 is 72.9. The number of anilines is 1. The van der Waals surface area contributed by atoms with Crippen molar-refractivity contribution >= 4 is 27.4 Å². The van der Waals surface area contributed by atoms with Gasteiger partial charge in [-0.1, -0.05) is 29.8 Å². The molecule has 13 heteroatoms. The highest BCUT2D eigenvalue weighted by molar-refractivity contribution is 7.92. The molecular weight excluding hydrogens is 567 g/mol. The molecule has 40 heavy (non-hydrogen) atoms. The smallest absolute Gasteiger partial charge is 0.416 e. The average Bonchev–Trinajstić information content (AvgIpc) is 2.94. The zero-order chi connectivity index (χ0) is 28.3. The molecule has 0 saturated carbocycles. The first kappa shape index (κ1) is 27.0. The van der Waals surface area contributed by atoms with Crippen LogP contribution in [0.1, 0.15) is 5.56 Å². The van der Waals surface area contributed by atoms with Gasteiger partial charge in [0.25, 0.3) is 10.0 Å². The zero-order valence-electron chi connectivity index (χ0n) is 20.2. The second kappa shape index (κ2) is 10.9. The number of halogens is 4. The first-order chi connectivity index (χ1) is 19.1. The quantitative estimate of drug-likeness (QED) is 0.223. The van der Waals surface area contributed by atoms with E-state index in [1.807, 2.05) is 0 Å². The number of alkyl halides is 3. The van der Waals surface area contributed by atoms with Gasteiger partial charge >= 0.3 is 6.18 Å². The van der Waals surface area contributed by atoms with Crippen LogP contribution in [-0.2, 0) is 16.2 Å². The van der Waals surface area contributed by atoms with Gasteiger partial charge in [0.1, 0.15) is 11.5 Å². The third kappa shape index (κ3) is 6.03. The van der Waals surface area contributed by atoms with Crippen molar-refractivity contribution in [2.24, 2.45) is 0 Å². The third-order valence-corrected chi connectivity index (χ3v) is 7.31. The maximum atomic E-state index is 13.0. The fourth-order valence-electron chi connectivity index (χ4n) is 3.73. The molecule has 0 unspecified atom stereocenters. The van der Waals surface area contributed by atoms with Crippen LogP contribution in [0.4, 0.5) is 19.0 Å². The number of aromatic nitrogens is 4. The van der Waals surface area contributed by atoms with Gasteiger partial charge in [-0.2, -0.15) is 28.5 Å². The summed E-state index contributed by atoms with van der Waals surface area (Å²) in [6.45, 7) is 0. The summed E-state index contributed by atoms with van der Waals surface area (Å²) in [5, 5.41) is 15.1. The number of nitrogens with zero attached hydrogens (tertiary/aromatic N) is 4. The molecule has 0 aliphatic heterocycles. The highest BCUT2D eigenvalue weighted by atomic mass is 35.5. The third-order valence-electron chi connectivity index (χ3n) is 5.67. The summed E-state index contributed by atoms with van der Waals surface area (Å²) in [4.78, 5) is -0.119. The van der Waals surface area contributed by atoms with Crippen LogP contribution in [-0.4, -0.2) is 28.8 Å². The van der Waals surface area contributed by atoms with E-state index in [1.54, 1.807) is 24.3 Å². The lowest BCUT2D eigenvalue weighted by molar-refractivity contribution is -0.137. The van der Waals surface area contributed by atoms with Gasteiger partial charge < -0.3 is 4.74 Å². The molecule has 3 aromatic carbocycles. The highest BCUT2D eigenvalue weighted by Crippen LogP contribution is 2.39. The first-order valence-electron chi connectivity index (χ1n) is 11.5. The van der Waals surface area contributed by atoms with Gasteiger partial charge in [-0.25, -0.2) is 8.42 Å². The number of sulfonamides is 1. The van der Waals surface area contributed by atoms with Crippen molar-refractivity contribution in [1.82, 2.24) is 20.4 Å². The van der Waals surface area contributed by atoms with Gasteiger partial charge in [-0.15, -0.1) is 5.10 Å². The molecule has 2 aromatic heterocycles. The molecule has 0 radical (unpaired) electrons. The SMILES string of the molecule is O=S(=O)(Nc1cccnn1)c1ccc(Oc2ccc(-c3ccc(C(F)(F)F)cc3)cc2-c2ccnnc2)c(Cl)c1. The summed E-state index contributed by atoms with van der Waals surface area (Å²) in [7, 11) is -4.00. The predicted molar refractivity (Wildman–Crippen MR) is 142 cm³/mol. The van der Waals surface area contributed by atoms with E-state index in [-0.39, 0.29) is 21.5 Å². The number of hydrogen-bond acceptors (Lipinski definition) is 7. The Labute approximate surface area is 231 Å². The fraction of sp³-hybridized carbons (Fsp3) is 0.0370. The first-order valence-corrected chi connectivity index (χ1v) is 13.3. The Hall–Kier alpha value is -4.55. The molecular formula is C27H17ClF3N5O3S. The largest absolute Gasteiger partial charge is 0.455 e. The lowest BCUT2D eigenvalue weighted by Crippen LogP contribution is -2.14. The predicted octanol–water partition coefficient (Wildman–Crippen LogP) is 6.87. The summed E-state index contributed by atoms with van der Waals surface area (Å²) in [6.07, 6.45) is -0.0358. The molecule has 5 rings (SSSR count). The zero-order valence-corrected chi connectivity index (χ0v) is 21.7. The second-order valence-electron chi connectivity index (χ2n) is 8.33. The molecule has 2 heterocycles. The van der Waals surface area contributed by atoms with Crippen molar-refractivity contribution in [2.75, 3.05) is 4.72 Å². The highest BCUT2D eigenvalue weighted by Gasteiger charge is 2.30. The van der Waals surface area contributed by atoms with Crippen LogP contribution in [0.25, 0.3) is 22.3 Å². The van der Waals surface area contributed by atoms with Gasteiger partial charge in [0.2, 0.25) is 0 Å². The van der Waals surface area contributed by atoms with Crippen molar-refractivity contribution in [3.63, 3.8) is 0 Å². The lowest BCUT2D eigenvalue weighted by atomic mass is 9.98. The topological polar surface area (TPSA) is 107 Å². The van der Waals surface area contributed by atoms with E-state index in [9.17, 15) is 21.6 Å². The van der Waals surface area contributed by atoms with E-state index in [2.05, 4.69) is 25.1 Å². The molecule has 1 N–H and O–H groups in total. The summed E-state index contributed by atoms with van der Waals surface area (Å²) in [5.41, 5.74) is 1.63. The fourth-order valence-corrected chi connectivity index (χ4v) is 5.03. The van der Waals surface area contributed by atoms with Crippen LogP contribution in [0.2, 0.25) is 5.02 Å². The molecule has 0 fully saturated rings. The van der Waals surface area contributed by atoms with Crippen LogP contribution in [0.3, 0.4) is 0 Å². The van der Waals surface area contributed by atoms with Crippen molar-refractivity contribution in [3.8, 4) is 33.8 Å². The van der Waals surface area contributed by atoms with E-state index < -0.39 is 21.8 Å². The Bertz CT molecular complexity index is 1760. The minimum absolute atomic E-state index is 0.0210. The number of benzene rings is 3. The number of hydrogen-bond donors (Lipinski definition) is 1. The van der Waals surface area contributed by atoms with Gasteiger partial charge in [-0.05, 0) is 71.8 Å². The van der Waals surface area contributed by atoms with Gasteiger partial charge in [-0.3, -0.25) is 4.72 Å². The molecule has 0 saturated heterocycles. The van der Waals surface area contributed by atoms with Crippen molar-refractivity contribution in [3.05, 3.63) is 108 Å². The van der Waals surface area contributed by atoms with E-state index in [0.717, 1.165) is 12.1 Å². The van der Waals surface area contributed by atoms with Crippen molar-refractivity contribution in [1.29, 1.82) is 0 Å². The standard InChI is InChI=1S/C27H17ClF3N5O3S/c28-23-15-21(40(37,38)36-26-2-1-12-33-35-26)8-10-25(23)39-24-9-5-18(14-22(24)19-11-13-32-34-16-19)17-3-6-20(7-4-17)27(29,30)31/h1-16H,(H,35,36). The molecule has 0 aliphatic rings. The number of nitrogens with one attached hydrogen (secondary N) is 1. The number of rotatable bonds is 7. The minimum Gasteiger partial charge on any atom is -0.455 e. The van der Waals surface area contributed by atoms with Gasteiger partial charge in [0.15, 0.2) is 5.82 Å². The summed E-state index contributed by atoms with van der Waals surface area (Å²) in [5.74, 6) is 0.562. The van der Waals surface area contributed by atoms with Gasteiger partial charge in [0, 0.05) is 17.3 Å². The lowest BCUT2D eigenvalue weighted by Gasteiger charge is -2.15. The van der Waals surface area contributed by atoms with E-state index >= 15 is 0 Å².